The highest BCUT2D eigenvalue weighted by Crippen LogP contribution is 2.31. The fraction of sp³-hybridized carbons (Fsp3) is 0.789. The zero-order chi connectivity index (χ0) is 18.4. The fourth-order valence-electron chi connectivity index (χ4n) is 3.95. The number of carbonyl (C=O) groups excluding carboxylic acids is 2. The molecule has 144 valence electrons. The summed E-state index contributed by atoms with van der Waals surface area (Å²) in [6.07, 6.45) is 9.17. The molecule has 1 aliphatic carbocycles. The molecule has 1 saturated carbocycles. The van der Waals surface area contributed by atoms with Crippen molar-refractivity contribution in [2.24, 2.45) is 0 Å². The summed E-state index contributed by atoms with van der Waals surface area (Å²) < 4.78 is 10.9. The molecule has 1 aromatic heterocycles. The van der Waals surface area contributed by atoms with Crippen molar-refractivity contribution in [2.75, 3.05) is 13.2 Å². The van der Waals surface area contributed by atoms with Crippen molar-refractivity contribution in [3.05, 3.63) is 11.8 Å². The number of amides is 1. The van der Waals surface area contributed by atoms with E-state index in [0.717, 1.165) is 31.6 Å². The second kappa shape index (κ2) is 9.14. The maximum Gasteiger partial charge on any atom is 0.328 e. The third-order valence-electron chi connectivity index (χ3n) is 5.37. The Bertz CT molecular complexity index is 610. The van der Waals surface area contributed by atoms with E-state index in [4.69, 9.17) is 9.15 Å². The molecule has 7 heteroatoms. The van der Waals surface area contributed by atoms with E-state index in [0.29, 0.717) is 37.8 Å². The Hall–Kier alpha value is -1.92. The number of hydrogen-bond donors (Lipinski definition) is 0. The molecule has 0 spiro atoms. The van der Waals surface area contributed by atoms with Crippen molar-refractivity contribution in [1.82, 2.24) is 15.1 Å². The number of aryl methyl sites for hydroxylation is 1. The summed E-state index contributed by atoms with van der Waals surface area (Å²) in [5.74, 6) is 1.27. The molecule has 2 aliphatic rings. The molecule has 1 amide bonds. The molecule has 1 aliphatic heterocycles. The SMILES string of the molecule is CCOC(=O)C1CCCCN1C(=O)CCc1nnc(C2CCCCC2)o1. The predicted molar refractivity (Wildman–Crippen MR) is 94.4 cm³/mol. The molecule has 1 aromatic rings. The highest BCUT2D eigenvalue weighted by Gasteiger charge is 2.33. The molecule has 1 unspecified atom stereocenters. The van der Waals surface area contributed by atoms with Gasteiger partial charge in [-0.2, -0.15) is 0 Å². The normalized spacial score (nSPS) is 21.6. The van der Waals surface area contributed by atoms with E-state index in [1.54, 1.807) is 11.8 Å². The van der Waals surface area contributed by atoms with E-state index >= 15 is 0 Å². The van der Waals surface area contributed by atoms with Gasteiger partial charge in [0, 0.05) is 25.3 Å². The molecule has 2 heterocycles. The third-order valence-corrected chi connectivity index (χ3v) is 5.37. The van der Waals surface area contributed by atoms with Crippen LogP contribution in [0.15, 0.2) is 4.42 Å². The van der Waals surface area contributed by atoms with Gasteiger partial charge >= 0.3 is 5.97 Å². The smallest absolute Gasteiger partial charge is 0.328 e. The fourth-order valence-corrected chi connectivity index (χ4v) is 3.95. The summed E-state index contributed by atoms with van der Waals surface area (Å²) in [4.78, 5) is 26.4. The molecule has 0 aromatic carbocycles. The van der Waals surface area contributed by atoms with Gasteiger partial charge in [-0.25, -0.2) is 4.79 Å². The Labute approximate surface area is 154 Å². The van der Waals surface area contributed by atoms with E-state index < -0.39 is 6.04 Å². The number of hydrogen-bond acceptors (Lipinski definition) is 6. The van der Waals surface area contributed by atoms with Crippen molar-refractivity contribution >= 4 is 11.9 Å². The van der Waals surface area contributed by atoms with Crippen LogP contribution in [0.4, 0.5) is 0 Å². The maximum absolute atomic E-state index is 12.6. The van der Waals surface area contributed by atoms with Crippen molar-refractivity contribution in [2.45, 2.75) is 83.1 Å². The van der Waals surface area contributed by atoms with Crippen LogP contribution in [-0.2, 0) is 20.7 Å². The highest BCUT2D eigenvalue weighted by molar-refractivity contribution is 5.84. The summed E-state index contributed by atoms with van der Waals surface area (Å²) >= 11 is 0. The van der Waals surface area contributed by atoms with Crippen LogP contribution < -0.4 is 0 Å². The van der Waals surface area contributed by atoms with Crippen LogP contribution in [0, 0.1) is 0 Å². The second-order valence-electron chi connectivity index (χ2n) is 7.22. The lowest BCUT2D eigenvalue weighted by molar-refractivity contribution is -0.156. The van der Waals surface area contributed by atoms with Crippen molar-refractivity contribution < 1.29 is 18.7 Å². The molecule has 1 atom stereocenters. The van der Waals surface area contributed by atoms with Crippen LogP contribution in [0.25, 0.3) is 0 Å². The quantitative estimate of drug-likeness (QED) is 0.722. The molecule has 0 radical (unpaired) electrons. The van der Waals surface area contributed by atoms with Crippen LogP contribution in [0.1, 0.15) is 82.4 Å². The topological polar surface area (TPSA) is 85.5 Å². The molecule has 3 rings (SSSR count). The first-order chi connectivity index (χ1) is 12.7. The molecule has 0 N–H and O–H groups in total. The van der Waals surface area contributed by atoms with Gasteiger partial charge in [-0.1, -0.05) is 19.3 Å². The largest absolute Gasteiger partial charge is 0.464 e. The van der Waals surface area contributed by atoms with Gasteiger partial charge in [-0.15, -0.1) is 10.2 Å². The summed E-state index contributed by atoms with van der Waals surface area (Å²) in [5.41, 5.74) is 0. The second-order valence-corrected chi connectivity index (χ2v) is 7.22. The van der Waals surface area contributed by atoms with Crippen LogP contribution >= 0.6 is 0 Å². The molecule has 2 fully saturated rings. The van der Waals surface area contributed by atoms with E-state index in [1.165, 1.54) is 19.3 Å². The minimum atomic E-state index is -0.448. The minimum absolute atomic E-state index is 0.0415. The van der Waals surface area contributed by atoms with Crippen molar-refractivity contribution in [1.29, 1.82) is 0 Å². The Balaban J connectivity index is 1.54. The maximum atomic E-state index is 12.6. The van der Waals surface area contributed by atoms with Gasteiger partial charge in [0.1, 0.15) is 6.04 Å². The van der Waals surface area contributed by atoms with Crippen molar-refractivity contribution in [3.63, 3.8) is 0 Å². The van der Waals surface area contributed by atoms with Gasteiger partial charge in [-0.05, 0) is 39.0 Å². The number of piperidine rings is 1. The standard InChI is InChI=1S/C19H29N3O4/c1-2-25-19(24)15-10-6-7-13-22(15)17(23)12-11-16-20-21-18(26-16)14-8-4-3-5-9-14/h14-15H,2-13H2,1H3. The average Bonchev–Trinajstić information content (AvgIpc) is 3.16. The molecular weight excluding hydrogens is 334 g/mol. The minimum Gasteiger partial charge on any atom is -0.464 e. The zero-order valence-electron chi connectivity index (χ0n) is 15.6. The third kappa shape index (κ3) is 4.62. The lowest BCUT2D eigenvalue weighted by Crippen LogP contribution is -2.48. The van der Waals surface area contributed by atoms with Gasteiger partial charge in [0.25, 0.3) is 0 Å². The van der Waals surface area contributed by atoms with Gasteiger partial charge in [0.05, 0.1) is 6.61 Å². The van der Waals surface area contributed by atoms with Gasteiger partial charge in [0.2, 0.25) is 17.7 Å². The van der Waals surface area contributed by atoms with E-state index in [9.17, 15) is 9.59 Å². The number of rotatable bonds is 6. The first-order valence-corrected chi connectivity index (χ1v) is 9.97. The summed E-state index contributed by atoms with van der Waals surface area (Å²) in [5, 5.41) is 8.30. The zero-order valence-corrected chi connectivity index (χ0v) is 15.6. The van der Waals surface area contributed by atoms with Crippen LogP contribution in [0.2, 0.25) is 0 Å². The number of esters is 1. The van der Waals surface area contributed by atoms with Gasteiger partial charge in [-0.3, -0.25) is 4.79 Å². The summed E-state index contributed by atoms with van der Waals surface area (Å²) in [7, 11) is 0. The number of ether oxygens (including phenoxy) is 1. The number of carbonyl (C=O) groups is 2. The van der Waals surface area contributed by atoms with Crippen LogP contribution in [0.5, 0.6) is 0 Å². The van der Waals surface area contributed by atoms with Gasteiger partial charge in [0.15, 0.2) is 0 Å². The molecule has 7 nitrogen and oxygen atoms in total. The van der Waals surface area contributed by atoms with Crippen molar-refractivity contribution in [3.8, 4) is 0 Å². The van der Waals surface area contributed by atoms with Crippen LogP contribution in [-0.4, -0.2) is 46.2 Å². The predicted octanol–water partition coefficient (Wildman–Crippen LogP) is 2.99. The molecule has 26 heavy (non-hydrogen) atoms. The lowest BCUT2D eigenvalue weighted by atomic mass is 9.89. The molecule has 0 bridgehead atoms. The Morgan fingerprint density at radius 1 is 1.12 bits per heavy atom. The first-order valence-electron chi connectivity index (χ1n) is 9.97. The number of nitrogens with zero attached hydrogens (tertiary/aromatic N) is 3. The number of aromatic nitrogens is 2. The van der Waals surface area contributed by atoms with Crippen LogP contribution in [0.3, 0.4) is 0 Å². The summed E-state index contributed by atoms with van der Waals surface area (Å²) in [6, 6.07) is -0.448. The number of likely N-dealkylation sites (tertiary alicyclic amines) is 1. The van der Waals surface area contributed by atoms with E-state index in [1.807, 2.05) is 0 Å². The summed E-state index contributed by atoms with van der Waals surface area (Å²) in [6.45, 7) is 2.73. The molecule has 1 saturated heterocycles. The average molecular weight is 363 g/mol. The Morgan fingerprint density at radius 3 is 2.65 bits per heavy atom. The first kappa shape index (κ1) is 18.9. The lowest BCUT2D eigenvalue weighted by Gasteiger charge is -2.34. The van der Waals surface area contributed by atoms with Gasteiger partial charge < -0.3 is 14.1 Å². The molecular formula is C19H29N3O4. The Kier molecular flexibility index (Phi) is 6.63. The monoisotopic (exact) mass is 363 g/mol. The van der Waals surface area contributed by atoms with E-state index in [-0.39, 0.29) is 18.3 Å². The highest BCUT2D eigenvalue weighted by atomic mass is 16.5. The Morgan fingerprint density at radius 2 is 1.88 bits per heavy atom. The van der Waals surface area contributed by atoms with E-state index in [2.05, 4.69) is 10.2 Å².